The average Bonchev–Trinajstić information content (AvgIpc) is 2.68. The number of anilines is 2. The molecule has 0 fully saturated rings. The van der Waals surface area contributed by atoms with Gasteiger partial charge in [-0.2, -0.15) is 0 Å². The number of hydrogen-bond donors (Lipinski definition) is 4. The molecule has 6 heteroatoms. The van der Waals surface area contributed by atoms with Crippen molar-refractivity contribution in [3.8, 4) is 11.5 Å². The van der Waals surface area contributed by atoms with Crippen molar-refractivity contribution < 1.29 is 19.8 Å². The number of aromatic hydroxyl groups is 2. The summed E-state index contributed by atoms with van der Waals surface area (Å²) in [6, 6.07) is 9.03. The summed E-state index contributed by atoms with van der Waals surface area (Å²) in [4.78, 5) is 25.3. The topological polar surface area (TPSA) is 98.7 Å². The smallest absolute Gasteiger partial charge is 0.255 e. The van der Waals surface area contributed by atoms with Crippen LogP contribution in [0.5, 0.6) is 11.5 Å². The Kier molecular flexibility index (Phi) is 6.80. The second-order valence-corrected chi connectivity index (χ2v) is 8.93. The zero-order valence-electron chi connectivity index (χ0n) is 18.6. The summed E-state index contributed by atoms with van der Waals surface area (Å²) in [5, 5.41) is 26.3. The van der Waals surface area contributed by atoms with E-state index in [9.17, 15) is 19.8 Å². The van der Waals surface area contributed by atoms with Gasteiger partial charge < -0.3 is 20.8 Å². The maximum atomic E-state index is 12.8. The number of ketones is 1. The molecule has 0 spiro atoms. The van der Waals surface area contributed by atoms with Gasteiger partial charge in [0.05, 0.1) is 5.69 Å². The first-order valence-electron chi connectivity index (χ1n) is 10.2. The number of nitrogens with one attached hydrogen (secondary N) is 2. The molecule has 0 radical (unpaired) electrons. The van der Waals surface area contributed by atoms with Crippen LogP contribution >= 0.6 is 0 Å². The number of carbonyl (C=O) groups excluding carboxylic acids is 2. The van der Waals surface area contributed by atoms with Gasteiger partial charge in [0.15, 0.2) is 5.78 Å². The second-order valence-electron chi connectivity index (χ2n) is 8.93. The molecule has 0 unspecified atom stereocenters. The van der Waals surface area contributed by atoms with Gasteiger partial charge in [0.1, 0.15) is 11.5 Å². The lowest BCUT2D eigenvalue weighted by molar-refractivity contribution is 0.0858. The highest BCUT2D eigenvalue weighted by molar-refractivity contribution is 6.08. The van der Waals surface area contributed by atoms with Gasteiger partial charge in [-0.3, -0.25) is 9.59 Å². The Balaban J connectivity index is 2.31. The molecule has 1 amide bonds. The van der Waals surface area contributed by atoms with E-state index >= 15 is 0 Å². The fourth-order valence-electron chi connectivity index (χ4n) is 2.99. The lowest BCUT2D eigenvalue weighted by atomic mass is 9.86. The molecule has 2 aromatic rings. The molecule has 0 saturated heterocycles. The summed E-state index contributed by atoms with van der Waals surface area (Å²) in [5.74, 6) is -0.957. The van der Waals surface area contributed by atoms with Crippen LogP contribution in [0.3, 0.4) is 0 Å². The number of Topliss-reactive ketones (excluding diaryl/α,β-unsaturated/α-hetero) is 1. The molecule has 0 heterocycles. The summed E-state index contributed by atoms with van der Waals surface area (Å²) >= 11 is 0. The molecule has 0 atom stereocenters. The van der Waals surface area contributed by atoms with Gasteiger partial charge in [-0.15, -0.1) is 0 Å². The normalized spacial score (nSPS) is 11.8. The van der Waals surface area contributed by atoms with Crippen LogP contribution in [0.1, 0.15) is 75.1 Å². The lowest BCUT2D eigenvalue weighted by Gasteiger charge is -2.29. The highest BCUT2D eigenvalue weighted by atomic mass is 16.3. The Morgan fingerprint density at radius 2 is 1.50 bits per heavy atom. The van der Waals surface area contributed by atoms with Gasteiger partial charge in [-0.25, -0.2) is 0 Å². The third kappa shape index (κ3) is 5.53. The van der Waals surface area contributed by atoms with Crippen molar-refractivity contribution in [2.24, 2.45) is 5.41 Å². The highest BCUT2D eigenvalue weighted by Gasteiger charge is 2.25. The van der Waals surface area contributed by atoms with Crippen molar-refractivity contribution in [2.75, 3.05) is 10.6 Å². The Bertz CT molecular complexity index is 941. The standard InChI is InChI=1S/C24H32N2O4/c1-7-24(6,8-2)26-17-9-10-20(28)19(14-17)25-22(30)16-11-15(12-18(27)13-16)21(29)23(3,4)5/h9-14,26-28H,7-8H2,1-6H3,(H,25,30). The Morgan fingerprint density at radius 3 is 2.07 bits per heavy atom. The van der Waals surface area contributed by atoms with Crippen LogP contribution in [-0.4, -0.2) is 27.4 Å². The minimum atomic E-state index is -0.648. The fraction of sp³-hybridized carbons (Fsp3) is 0.417. The first-order chi connectivity index (χ1) is 13.9. The molecule has 6 nitrogen and oxygen atoms in total. The van der Waals surface area contributed by atoms with Crippen LogP contribution in [0.15, 0.2) is 36.4 Å². The minimum absolute atomic E-state index is 0.0743. The van der Waals surface area contributed by atoms with Crippen LogP contribution in [0.4, 0.5) is 11.4 Å². The summed E-state index contributed by atoms with van der Waals surface area (Å²) in [5.41, 5.74) is 0.651. The van der Waals surface area contributed by atoms with Gasteiger partial charge in [0.2, 0.25) is 0 Å². The van der Waals surface area contributed by atoms with E-state index in [1.165, 1.54) is 24.3 Å². The van der Waals surface area contributed by atoms with Gasteiger partial charge in [0.25, 0.3) is 5.91 Å². The van der Waals surface area contributed by atoms with Gasteiger partial charge in [0, 0.05) is 27.8 Å². The second kappa shape index (κ2) is 8.78. The van der Waals surface area contributed by atoms with Crippen molar-refractivity contribution in [1.29, 1.82) is 0 Å². The number of phenols is 2. The van der Waals surface area contributed by atoms with E-state index in [1.54, 1.807) is 32.9 Å². The SMILES string of the molecule is CCC(C)(CC)Nc1ccc(O)c(NC(=O)c2cc(O)cc(C(=O)C(C)(C)C)c2)c1. The van der Waals surface area contributed by atoms with Crippen LogP contribution in [0.2, 0.25) is 0 Å². The van der Waals surface area contributed by atoms with E-state index < -0.39 is 11.3 Å². The van der Waals surface area contributed by atoms with Crippen molar-refractivity contribution >= 4 is 23.1 Å². The maximum absolute atomic E-state index is 12.8. The Morgan fingerprint density at radius 1 is 0.900 bits per heavy atom. The third-order valence-electron chi connectivity index (χ3n) is 5.37. The predicted octanol–water partition coefficient (Wildman–Crippen LogP) is 5.57. The Hall–Kier alpha value is -3.02. The molecule has 2 aromatic carbocycles. The number of amides is 1. The van der Waals surface area contributed by atoms with Gasteiger partial charge in [-0.1, -0.05) is 34.6 Å². The minimum Gasteiger partial charge on any atom is -0.508 e. The van der Waals surface area contributed by atoms with Gasteiger partial charge in [-0.05, 0) is 56.2 Å². The van der Waals surface area contributed by atoms with E-state index in [1.807, 2.05) is 0 Å². The van der Waals surface area contributed by atoms with Crippen LogP contribution in [0.25, 0.3) is 0 Å². The van der Waals surface area contributed by atoms with E-state index in [-0.39, 0.29) is 39.6 Å². The van der Waals surface area contributed by atoms with Crippen LogP contribution in [-0.2, 0) is 0 Å². The zero-order chi connectivity index (χ0) is 22.7. The molecule has 2 rings (SSSR count). The summed E-state index contributed by atoms with van der Waals surface area (Å²) in [6.07, 6.45) is 1.83. The van der Waals surface area contributed by atoms with E-state index in [0.717, 1.165) is 18.5 Å². The van der Waals surface area contributed by atoms with Gasteiger partial charge >= 0.3 is 0 Å². The highest BCUT2D eigenvalue weighted by Crippen LogP contribution is 2.31. The van der Waals surface area contributed by atoms with Crippen LogP contribution in [0, 0.1) is 5.41 Å². The monoisotopic (exact) mass is 412 g/mol. The maximum Gasteiger partial charge on any atom is 0.255 e. The summed E-state index contributed by atoms with van der Waals surface area (Å²) in [6.45, 7) is 11.6. The molecule has 0 bridgehead atoms. The first kappa shape index (κ1) is 23.3. The van der Waals surface area contributed by atoms with Crippen molar-refractivity contribution in [3.63, 3.8) is 0 Å². The largest absolute Gasteiger partial charge is 0.508 e. The van der Waals surface area contributed by atoms with E-state index in [0.29, 0.717) is 0 Å². The molecule has 30 heavy (non-hydrogen) atoms. The Labute approximate surface area is 178 Å². The number of phenolic OH excluding ortho intramolecular Hbond substituents is 2. The molecule has 4 N–H and O–H groups in total. The first-order valence-corrected chi connectivity index (χ1v) is 10.2. The average molecular weight is 413 g/mol. The fourth-order valence-corrected chi connectivity index (χ4v) is 2.99. The van der Waals surface area contributed by atoms with Crippen molar-refractivity contribution in [3.05, 3.63) is 47.5 Å². The quantitative estimate of drug-likeness (QED) is 0.271. The molecule has 0 aromatic heterocycles. The number of carbonyl (C=O) groups is 2. The lowest BCUT2D eigenvalue weighted by Crippen LogP contribution is -2.32. The number of hydrogen-bond acceptors (Lipinski definition) is 5. The molecular weight excluding hydrogens is 380 g/mol. The summed E-state index contributed by atoms with van der Waals surface area (Å²) in [7, 11) is 0. The van der Waals surface area contributed by atoms with E-state index in [4.69, 9.17) is 0 Å². The molecule has 0 aliphatic heterocycles. The molecule has 0 saturated carbocycles. The molecule has 0 aliphatic carbocycles. The third-order valence-corrected chi connectivity index (χ3v) is 5.37. The molecule has 162 valence electrons. The predicted molar refractivity (Wildman–Crippen MR) is 121 cm³/mol. The molecular formula is C24H32N2O4. The van der Waals surface area contributed by atoms with Crippen molar-refractivity contribution in [2.45, 2.75) is 59.9 Å². The number of benzene rings is 2. The number of rotatable bonds is 7. The summed E-state index contributed by atoms with van der Waals surface area (Å²) < 4.78 is 0. The van der Waals surface area contributed by atoms with E-state index in [2.05, 4.69) is 31.4 Å². The van der Waals surface area contributed by atoms with Crippen LogP contribution < -0.4 is 10.6 Å². The zero-order valence-corrected chi connectivity index (χ0v) is 18.6. The van der Waals surface area contributed by atoms with Crippen molar-refractivity contribution in [1.82, 2.24) is 0 Å². The molecule has 0 aliphatic rings.